The highest BCUT2D eigenvalue weighted by molar-refractivity contribution is 5.86. The van der Waals surface area contributed by atoms with Gasteiger partial charge in [0.05, 0.1) is 17.2 Å². The molecule has 0 spiro atoms. The summed E-state index contributed by atoms with van der Waals surface area (Å²) < 4.78 is 87.0. The number of nitrogens with two attached hydrogens (primary N) is 1. The Balaban J connectivity index is 0.00000544. The Morgan fingerprint density at radius 3 is 1.97 bits per heavy atom. The number of carbonyl (C=O) groups excluding carboxylic acids is 2. The van der Waals surface area contributed by atoms with Crippen molar-refractivity contribution in [2.24, 2.45) is 5.73 Å². The van der Waals surface area contributed by atoms with Gasteiger partial charge in [0.1, 0.15) is 19.0 Å². The highest BCUT2D eigenvalue weighted by atomic mass is 35.5. The number of ketones is 1. The molecule has 1 atom stereocenters. The summed E-state index contributed by atoms with van der Waals surface area (Å²) in [7, 11) is 0. The fourth-order valence-electron chi connectivity index (χ4n) is 2.52. The third-order valence-corrected chi connectivity index (χ3v) is 4.26. The second-order valence-electron chi connectivity index (χ2n) is 6.79. The molecule has 0 amide bonds. The molecular weight excluding hydrogens is 480 g/mol. The maximum Gasteiger partial charge on any atom is 0.416 e. The number of ether oxygens (including phenoxy) is 2. The zero-order valence-electron chi connectivity index (χ0n) is 16.9. The molecule has 2 aromatic carbocycles. The molecule has 0 heterocycles. The van der Waals surface area contributed by atoms with E-state index in [2.05, 4.69) is 0 Å². The third-order valence-electron chi connectivity index (χ3n) is 4.26. The average Bonchev–Trinajstić information content (AvgIpc) is 2.73. The lowest BCUT2D eigenvalue weighted by Gasteiger charge is -2.15. The van der Waals surface area contributed by atoms with Crippen LogP contribution in [0.1, 0.15) is 29.5 Å². The van der Waals surface area contributed by atoms with Gasteiger partial charge in [-0.2, -0.15) is 26.3 Å². The molecule has 0 aromatic heterocycles. The summed E-state index contributed by atoms with van der Waals surface area (Å²) >= 11 is 0. The molecule has 182 valence electrons. The molecule has 0 unspecified atom stereocenters. The highest BCUT2D eigenvalue weighted by Gasteiger charge is 2.37. The molecule has 0 radical (unpaired) electrons. The van der Waals surface area contributed by atoms with E-state index in [1.807, 2.05) is 0 Å². The zero-order chi connectivity index (χ0) is 23.9. The lowest BCUT2D eigenvalue weighted by atomic mass is 10.1. The van der Waals surface area contributed by atoms with Gasteiger partial charge in [-0.1, -0.05) is 30.3 Å². The molecule has 5 nitrogen and oxygen atoms in total. The van der Waals surface area contributed by atoms with Gasteiger partial charge in [0.25, 0.3) is 0 Å². The molecule has 2 rings (SSSR count). The summed E-state index contributed by atoms with van der Waals surface area (Å²) in [5.41, 5.74) is 3.26. The number of Topliss-reactive ketones (excluding diaryl/α,β-unsaturated/α-hetero) is 1. The minimum absolute atomic E-state index is 0. The summed E-state index contributed by atoms with van der Waals surface area (Å²) in [5, 5.41) is 0. The molecule has 0 aliphatic heterocycles. The second-order valence-corrected chi connectivity index (χ2v) is 6.79. The Morgan fingerprint density at radius 2 is 1.45 bits per heavy atom. The first-order valence-electron chi connectivity index (χ1n) is 9.26. The van der Waals surface area contributed by atoms with Crippen LogP contribution in [0, 0.1) is 0 Å². The maximum atomic E-state index is 12.9. The van der Waals surface area contributed by atoms with Crippen LogP contribution in [0.2, 0.25) is 0 Å². The van der Waals surface area contributed by atoms with E-state index < -0.39 is 53.6 Å². The Hall–Kier alpha value is -2.79. The monoisotopic (exact) mass is 499 g/mol. The van der Waals surface area contributed by atoms with Crippen LogP contribution < -0.4 is 10.5 Å². The van der Waals surface area contributed by atoms with E-state index in [0.29, 0.717) is 12.1 Å². The Labute approximate surface area is 191 Å². The number of benzene rings is 2. The van der Waals surface area contributed by atoms with E-state index in [-0.39, 0.29) is 37.9 Å². The third kappa shape index (κ3) is 9.30. The van der Waals surface area contributed by atoms with Gasteiger partial charge in [0, 0.05) is 6.42 Å². The summed E-state index contributed by atoms with van der Waals surface area (Å²) in [6.45, 7) is -0.831. The van der Waals surface area contributed by atoms with Crippen molar-refractivity contribution in [3.63, 3.8) is 0 Å². The molecule has 2 N–H and O–H groups in total. The minimum atomic E-state index is -5.04. The van der Waals surface area contributed by atoms with Crippen LogP contribution in [0.3, 0.4) is 0 Å². The van der Waals surface area contributed by atoms with E-state index >= 15 is 0 Å². The smallest absolute Gasteiger partial charge is 0.416 e. The van der Waals surface area contributed by atoms with Gasteiger partial charge in [-0.25, -0.2) is 0 Å². The number of carbonyl (C=O) groups is 2. The topological polar surface area (TPSA) is 78.6 Å². The number of halogens is 7. The Bertz CT molecular complexity index is 902. The van der Waals surface area contributed by atoms with E-state index in [4.69, 9.17) is 15.2 Å². The Morgan fingerprint density at radius 1 is 0.909 bits per heavy atom. The van der Waals surface area contributed by atoms with Crippen LogP contribution in [-0.2, 0) is 33.3 Å². The van der Waals surface area contributed by atoms with Crippen molar-refractivity contribution in [1.82, 2.24) is 0 Å². The minimum Gasteiger partial charge on any atom is -0.486 e. The maximum absolute atomic E-state index is 12.9. The normalized spacial score (nSPS) is 12.5. The molecule has 0 aliphatic rings. The zero-order valence-corrected chi connectivity index (χ0v) is 17.7. The molecule has 0 fully saturated rings. The van der Waals surface area contributed by atoms with Crippen LogP contribution in [0.5, 0.6) is 5.75 Å². The molecule has 0 bridgehead atoms. The van der Waals surface area contributed by atoms with Gasteiger partial charge < -0.3 is 15.2 Å². The predicted octanol–water partition coefficient (Wildman–Crippen LogP) is 4.94. The molecule has 2 aromatic rings. The quantitative estimate of drug-likeness (QED) is 0.390. The lowest BCUT2D eigenvalue weighted by Crippen LogP contribution is -2.35. The SMILES string of the molecule is Cl.N[C@@H](CCC(=O)OCc1ccccc1)C(=O)COc1cc(C(F)(F)F)cc(C(F)(F)F)c1. The van der Waals surface area contributed by atoms with Crippen molar-refractivity contribution in [2.75, 3.05) is 6.61 Å². The van der Waals surface area contributed by atoms with E-state index in [1.54, 1.807) is 30.3 Å². The summed E-state index contributed by atoms with van der Waals surface area (Å²) in [4.78, 5) is 23.8. The first-order valence-corrected chi connectivity index (χ1v) is 9.26. The number of hydrogen-bond donors (Lipinski definition) is 1. The fraction of sp³-hybridized carbons (Fsp3) is 0.333. The van der Waals surface area contributed by atoms with Gasteiger partial charge in [-0.3, -0.25) is 9.59 Å². The summed E-state index contributed by atoms with van der Waals surface area (Å²) in [5.74, 6) is -2.20. The number of rotatable bonds is 9. The Kier molecular flexibility index (Phi) is 10.2. The second kappa shape index (κ2) is 11.9. The van der Waals surface area contributed by atoms with Crippen molar-refractivity contribution in [3.05, 3.63) is 65.2 Å². The molecule has 0 saturated heterocycles. The van der Waals surface area contributed by atoms with Crippen LogP contribution in [0.25, 0.3) is 0 Å². The van der Waals surface area contributed by atoms with E-state index in [0.717, 1.165) is 5.56 Å². The first-order chi connectivity index (χ1) is 14.9. The van der Waals surface area contributed by atoms with Gasteiger partial charge in [-0.15, -0.1) is 12.4 Å². The number of alkyl halides is 6. The number of esters is 1. The van der Waals surface area contributed by atoms with E-state index in [9.17, 15) is 35.9 Å². The largest absolute Gasteiger partial charge is 0.486 e. The van der Waals surface area contributed by atoms with Gasteiger partial charge in [0.2, 0.25) is 0 Å². The lowest BCUT2D eigenvalue weighted by molar-refractivity contribution is -0.145. The molecule has 33 heavy (non-hydrogen) atoms. The average molecular weight is 500 g/mol. The van der Waals surface area contributed by atoms with Crippen molar-refractivity contribution >= 4 is 24.2 Å². The standard InChI is InChI=1S/C21H19F6NO4.ClH/c22-20(23,24)14-8-15(21(25,26)27)10-16(9-14)31-12-18(29)17(28)6-7-19(30)32-11-13-4-2-1-3-5-13;/h1-5,8-10,17H,6-7,11-12,28H2;1H/t17-;/m0./s1. The van der Waals surface area contributed by atoms with Crippen molar-refractivity contribution in [2.45, 2.75) is 37.8 Å². The molecule has 0 saturated carbocycles. The predicted molar refractivity (Wildman–Crippen MR) is 108 cm³/mol. The summed E-state index contributed by atoms with van der Waals surface area (Å²) in [6, 6.07) is 8.26. The van der Waals surface area contributed by atoms with Crippen LogP contribution in [0.15, 0.2) is 48.5 Å². The first kappa shape index (κ1) is 28.2. The van der Waals surface area contributed by atoms with Crippen molar-refractivity contribution in [3.8, 4) is 5.75 Å². The molecular formula is C21H20ClF6NO4. The number of hydrogen-bond acceptors (Lipinski definition) is 5. The van der Waals surface area contributed by atoms with E-state index in [1.165, 1.54) is 0 Å². The van der Waals surface area contributed by atoms with Gasteiger partial charge in [0.15, 0.2) is 5.78 Å². The van der Waals surface area contributed by atoms with Crippen LogP contribution in [-0.4, -0.2) is 24.4 Å². The van der Waals surface area contributed by atoms with Crippen molar-refractivity contribution < 1.29 is 45.4 Å². The molecule has 0 aliphatic carbocycles. The van der Waals surface area contributed by atoms with Gasteiger partial charge in [-0.05, 0) is 30.2 Å². The van der Waals surface area contributed by atoms with Crippen LogP contribution >= 0.6 is 12.4 Å². The highest BCUT2D eigenvalue weighted by Crippen LogP contribution is 2.38. The van der Waals surface area contributed by atoms with Crippen LogP contribution in [0.4, 0.5) is 26.3 Å². The summed E-state index contributed by atoms with van der Waals surface area (Å²) in [6.07, 6.45) is -10.4. The van der Waals surface area contributed by atoms with Gasteiger partial charge >= 0.3 is 18.3 Å². The van der Waals surface area contributed by atoms with Crippen molar-refractivity contribution in [1.29, 1.82) is 0 Å². The molecule has 12 heteroatoms. The fourth-order valence-corrected chi connectivity index (χ4v) is 2.52.